The average Bonchev–Trinajstić information content (AvgIpc) is 2.61. The Morgan fingerprint density at radius 2 is 2.11 bits per heavy atom. The maximum atomic E-state index is 12.7. The highest BCUT2D eigenvalue weighted by Crippen LogP contribution is 2.41. The van der Waals surface area contributed by atoms with Crippen molar-refractivity contribution >= 4 is 35.1 Å². The summed E-state index contributed by atoms with van der Waals surface area (Å²) < 4.78 is 5.15. The monoisotopic (exact) mass is 392 g/mol. The van der Waals surface area contributed by atoms with Gasteiger partial charge in [-0.05, 0) is 25.7 Å². The number of nitro groups is 1. The van der Waals surface area contributed by atoms with E-state index in [-0.39, 0.29) is 17.9 Å². The van der Waals surface area contributed by atoms with E-state index in [0.717, 1.165) is 0 Å². The Hall–Kier alpha value is -2.68. The summed E-state index contributed by atoms with van der Waals surface area (Å²) in [6.45, 7) is 3.36. The third-order valence-corrected chi connectivity index (χ3v) is 4.76. The van der Waals surface area contributed by atoms with Crippen LogP contribution in [0, 0.1) is 16.0 Å². The van der Waals surface area contributed by atoms with Gasteiger partial charge < -0.3 is 9.84 Å². The molecule has 1 aliphatic rings. The number of carbonyl (C=O) groups excluding carboxylic acids is 1. The Kier molecular flexibility index (Phi) is 6.73. The third-order valence-electron chi connectivity index (χ3n) is 4.20. The van der Waals surface area contributed by atoms with Crippen LogP contribution in [-0.2, 0) is 14.3 Å². The average molecular weight is 392 g/mol. The number of nitro benzene ring substituents is 1. The summed E-state index contributed by atoms with van der Waals surface area (Å²) in [5.74, 6) is -3.44. The molecular formula is C18H20N2O6S. The van der Waals surface area contributed by atoms with Crippen LogP contribution in [0.15, 0.2) is 40.5 Å². The summed E-state index contributed by atoms with van der Waals surface area (Å²) >= 11 is 1.44. The van der Waals surface area contributed by atoms with Crippen molar-refractivity contribution in [1.82, 2.24) is 0 Å². The lowest BCUT2D eigenvalue weighted by Gasteiger charge is -2.31. The first-order chi connectivity index (χ1) is 12.8. The van der Waals surface area contributed by atoms with Crippen LogP contribution in [0.4, 0.5) is 5.69 Å². The van der Waals surface area contributed by atoms with E-state index in [0.29, 0.717) is 22.7 Å². The van der Waals surface area contributed by atoms with E-state index in [1.165, 1.54) is 30.0 Å². The quantitative estimate of drug-likeness (QED) is 0.430. The fraction of sp³-hybridized carbons (Fsp3) is 0.389. The minimum Gasteiger partial charge on any atom is -0.481 e. The van der Waals surface area contributed by atoms with Crippen LogP contribution in [0.5, 0.6) is 0 Å². The Morgan fingerprint density at radius 3 is 2.67 bits per heavy atom. The molecule has 27 heavy (non-hydrogen) atoms. The Bertz CT molecular complexity index is 833. The summed E-state index contributed by atoms with van der Waals surface area (Å²) in [5.41, 5.74) is 1.12. The molecule has 0 saturated carbocycles. The second kappa shape index (κ2) is 8.81. The summed E-state index contributed by atoms with van der Waals surface area (Å²) in [7, 11) is 0. The molecule has 0 aliphatic carbocycles. The van der Waals surface area contributed by atoms with Gasteiger partial charge in [0.25, 0.3) is 5.69 Å². The molecule has 1 aromatic carbocycles. The van der Waals surface area contributed by atoms with E-state index >= 15 is 0 Å². The van der Waals surface area contributed by atoms with Gasteiger partial charge >= 0.3 is 11.9 Å². The van der Waals surface area contributed by atoms with Crippen molar-refractivity contribution in [1.29, 1.82) is 0 Å². The second-order valence-electron chi connectivity index (χ2n) is 5.91. The number of thioether (sulfide) groups is 1. The molecule has 1 heterocycles. The lowest BCUT2D eigenvalue weighted by atomic mass is 9.75. The van der Waals surface area contributed by atoms with E-state index in [1.807, 2.05) is 6.26 Å². The molecule has 1 aromatic rings. The molecule has 0 bridgehead atoms. The molecule has 0 aromatic heterocycles. The first-order valence-corrected chi connectivity index (χ1v) is 9.62. The minimum atomic E-state index is -1.15. The number of hydrogen-bond donors (Lipinski definition) is 1. The Labute approximate surface area is 160 Å². The van der Waals surface area contributed by atoms with Gasteiger partial charge in [0.15, 0.2) is 0 Å². The molecule has 9 heteroatoms. The number of carboxylic acid groups (broad SMARTS) is 1. The van der Waals surface area contributed by atoms with Crippen LogP contribution in [0.2, 0.25) is 0 Å². The van der Waals surface area contributed by atoms with E-state index < -0.39 is 28.7 Å². The zero-order chi connectivity index (χ0) is 20.1. The summed E-state index contributed by atoms with van der Waals surface area (Å²) in [4.78, 5) is 39.6. The highest BCUT2D eigenvalue weighted by molar-refractivity contribution is 7.98. The fourth-order valence-corrected chi connectivity index (χ4v) is 3.64. The van der Waals surface area contributed by atoms with Crippen molar-refractivity contribution in [2.45, 2.75) is 19.8 Å². The third kappa shape index (κ3) is 4.36. The maximum Gasteiger partial charge on any atom is 0.336 e. The van der Waals surface area contributed by atoms with Gasteiger partial charge in [-0.2, -0.15) is 11.8 Å². The number of carbonyl (C=O) groups is 2. The molecule has 1 N–H and O–H groups in total. The van der Waals surface area contributed by atoms with Gasteiger partial charge in [0.05, 0.1) is 22.8 Å². The fourth-order valence-electron chi connectivity index (χ4n) is 3.14. The zero-order valence-corrected chi connectivity index (χ0v) is 16.0. The number of ether oxygens (including phenoxy) is 1. The van der Waals surface area contributed by atoms with Crippen LogP contribution in [0.25, 0.3) is 0 Å². The zero-order valence-electron chi connectivity index (χ0n) is 15.2. The van der Waals surface area contributed by atoms with Crippen LogP contribution >= 0.6 is 11.8 Å². The molecule has 2 atom stereocenters. The summed E-state index contributed by atoms with van der Waals surface area (Å²) in [6, 6.07) is 5.68. The normalized spacial score (nSPS) is 19.4. The number of esters is 1. The minimum absolute atomic E-state index is 0.122. The van der Waals surface area contributed by atoms with E-state index in [2.05, 4.69) is 4.99 Å². The lowest BCUT2D eigenvalue weighted by Crippen LogP contribution is -2.36. The summed E-state index contributed by atoms with van der Waals surface area (Å²) in [5, 5.41) is 20.9. The highest BCUT2D eigenvalue weighted by Gasteiger charge is 2.42. The first-order valence-electron chi connectivity index (χ1n) is 8.23. The number of benzene rings is 1. The van der Waals surface area contributed by atoms with Crippen LogP contribution < -0.4 is 0 Å². The van der Waals surface area contributed by atoms with Gasteiger partial charge in [-0.25, -0.2) is 4.79 Å². The molecule has 2 unspecified atom stereocenters. The van der Waals surface area contributed by atoms with E-state index in [4.69, 9.17) is 4.74 Å². The van der Waals surface area contributed by atoms with Crippen molar-refractivity contribution in [3.8, 4) is 0 Å². The van der Waals surface area contributed by atoms with Gasteiger partial charge in [0, 0.05) is 29.5 Å². The Balaban J connectivity index is 2.73. The van der Waals surface area contributed by atoms with E-state index in [1.54, 1.807) is 19.9 Å². The van der Waals surface area contributed by atoms with Crippen molar-refractivity contribution < 1.29 is 24.4 Å². The van der Waals surface area contributed by atoms with Crippen molar-refractivity contribution in [3.63, 3.8) is 0 Å². The molecule has 2 rings (SSSR count). The van der Waals surface area contributed by atoms with Gasteiger partial charge in [-0.15, -0.1) is 0 Å². The molecule has 0 fully saturated rings. The lowest BCUT2D eigenvalue weighted by molar-refractivity contribution is -0.384. The molecule has 0 radical (unpaired) electrons. The molecule has 144 valence electrons. The topological polar surface area (TPSA) is 119 Å². The molecule has 1 aliphatic heterocycles. The maximum absolute atomic E-state index is 12.7. The number of aliphatic imine (C=N–C) groups is 1. The molecule has 8 nitrogen and oxygen atoms in total. The van der Waals surface area contributed by atoms with Gasteiger partial charge in [-0.1, -0.05) is 12.1 Å². The highest BCUT2D eigenvalue weighted by atomic mass is 32.2. The number of rotatable bonds is 7. The molecular weight excluding hydrogens is 372 g/mol. The number of hydrogen-bond acceptors (Lipinski definition) is 7. The largest absolute Gasteiger partial charge is 0.481 e. The van der Waals surface area contributed by atoms with Crippen LogP contribution in [-0.4, -0.2) is 46.3 Å². The number of non-ortho nitro benzene ring substituents is 1. The van der Waals surface area contributed by atoms with Crippen molar-refractivity contribution in [2.75, 3.05) is 18.6 Å². The second-order valence-corrected chi connectivity index (χ2v) is 6.78. The predicted octanol–water partition coefficient (Wildman–Crippen LogP) is 3.03. The van der Waals surface area contributed by atoms with Gasteiger partial charge in [-0.3, -0.25) is 19.9 Å². The standard InChI is InChI=1S/C18H20N2O6S/c1-4-26-18(23)16-13(9-27-3)19-10(2)14(17(21)22)15(16)11-6-5-7-12(8-11)20(24)25/h5-8,14-15H,4,9H2,1-3H3,(H,21,22). The number of aliphatic carboxylic acids is 1. The number of nitrogens with zero attached hydrogens (tertiary/aromatic N) is 2. The molecule has 0 saturated heterocycles. The van der Waals surface area contributed by atoms with Crippen molar-refractivity contribution in [3.05, 3.63) is 51.2 Å². The first kappa shape index (κ1) is 20.6. The SMILES string of the molecule is CCOC(=O)C1=C(CSC)N=C(C)C(C(=O)O)C1c1cccc([N+](=O)[O-])c1. The van der Waals surface area contributed by atoms with Gasteiger partial charge in [0.1, 0.15) is 5.92 Å². The molecule has 0 amide bonds. The number of carboxylic acids is 1. The smallest absolute Gasteiger partial charge is 0.336 e. The van der Waals surface area contributed by atoms with Crippen LogP contribution in [0.3, 0.4) is 0 Å². The summed E-state index contributed by atoms with van der Waals surface area (Å²) in [6.07, 6.45) is 1.84. The predicted molar refractivity (Wildman–Crippen MR) is 102 cm³/mol. The van der Waals surface area contributed by atoms with Crippen LogP contribution in [0.1, 0.15) is 25.3 Å². The van der Waals surface area contributed by atoms with Gasteiger partial charge in [0.2, 0.25) is 0 Å². The van der Waals surface area contributed by atoms with E-state index in [9.17, 15) is 24.8 Å². The molecule has 0 spiro atoms. The van der Waals surface area contributed by atoms with Crippen molar-refractivity contribution in [2.24, 2.45) is 10.9 Å². The Morgan fingerprint density at radius 1 is 1.41 bits per heavy atom.